The minimum atomic E-state index is -0.281. The zero-order valence-corrected chi connectivity index (χ0v) is 25.7. The maximum absolute atomic E-state index is 14.1. The minimum Gasteiger partial charge on any atom is -0.341 e. The van der Waals surface area contributed by atoms with Crippen LogP contribution >= 0.6 is 11.6 Å². The highest BCUT2D eigenvalue weighted by Gasteiger charge is 2.40. The van der Waals surface area contributed by atoms with Crippen LogP contribution in [0.5, 0.6) is 0 Å². The molecule has 3 N–H and O–H groups in total. The molecule has 3 fully saturated rings. The third kappa shape index (κ3) is 7.92. The van der Waals surface area contributed by atoms with E-state index in [1.54, 1.807) is 0 Å². The summed E-state index contributed by atoms with van der Waals surface area (Å²) in [7, 11) is 0. The van der Waals surface area contributed by atoms with Crippen molar-refractivity contribution in [2.24, 2.45) is 11.7 Å². The zero-order chi connectivity index (χ0) is 28.6. The Morgan fingerprint density at radius 2 is 1.65 bits per heavy atom. The number of amides is 3. The van der Waals surface area contributed by atoms with Gasteiger partial charge in [-0.15, -0.1) is 0 Å². The summed E-state index contributed by atoms with van der Waals surface area (Å²) in [5.41, 5.74) is 7.27. The van der Waals surface area contributed by atoms with Crippen LogP contribution in [0.25, 0.3) is 0 Å². The third-order valence-corrected chi connectivity index (χ3v) is 9.86. The number of benzene rings is 1. The Morgan fingerprint density at radius 1 is 1.00 bits per heavy atom. The van der Waals surface area contributed by atoms with E-state index in [9.17, 15) is 9.59 Å². The number of nitrogens with zero attached hydrogens (tertiary/aromatic N) is 3. The SMILES string of the molecule is CCN(CC)C(=O)N(C1CCCCC1)C1CCN(C(=O)[C@H](Cc2ccc(Cl)cc2)NC2CCC(N)CC2)CC1C. The van der Waals surface area contributed by atoms with Crippen molar-refractivity contribution in [2.75, 3.05) is 26.2 Å². The molecule has 3 atom stereocenters. The second kappa shape index (κ2) is 14.9. The van der Waals surface area contributed by atoms with Gasteiger partial charge in [-0.05, 0) is 88.8 Å². The number of hydrogen-bond acceptors (Lipinski definition) is 4. The van der Waals surface area contributed by atoms with E-state index >= 15 is 0 Å². The van der Waals surface area contributed by atoms with Crippen molar-refractivity contribution in [3.05, 3.63) is 34.9 Å². The number of piperidine rings is 1. The first-order valence-corrected chi connectivity index (χ1v) is 16.3. The van der Waals surface area contributed by atoms with Gasteiger partial charge < -0.3 is 25.8 Å². The van der Waals surface area contributed by atoms with Gasteiger partial charge in [-0.25, -0.2) is 4.79 Å². The summed E-state index contributed by atoms with van der Waals surface area (Å²) in [5.74, 6) is 0.400. The molecule has 7 nitrogen and oxygen atoms in total. The molecule has 2 saturated carbocycles. The van der Waals surface area contributed by atoms with Gasteiger partial charge in [0.2, 0.25) is 5.91 Å². The molecule has 8 heteroatoms. The first-order valence-electron chi connectivity index (χ1n) is 15.9. The molecule has 1 heterocycles. The predicted octanol–water partition coefficient (Wildman–Crippen LogP) is 5.44. The van der Waals surface area contributed by atoms with Crippen LogP contribution in [0.15, 0.2) is 24.3 Å². The maximum atomic E-state index is 14.1. The number of urea groups is 1. The fourth-order valence-corrected chi connectivity index (χ4v) is 7.32. The molecular weight excluding hydrogens is 522 g/mol. The van der Waals surface area contributed by atoms with Crippen LogP contribution in [-0.2, 0) is 11.2 Å². The number of carbonyl (C=O) groups excluding carboxylic acids is 2. The molecule has 2 unspecified atom stereocenters. The lowest BCUT2D eigenvalue weighted by Crippen LogP contribution is -2.61. The van der Waals surface area contributed by atoms with Gasteiger partial charge in [0.05, 0.1) is 6.04 Å². The summed E-state index contributed by atoms with van der Waals surface area (Å²) in [4.78, 5) is 34.2. The molecule has 224 valence electrons. The van der Waals surface area contributed by atoms with E-state index < -0.39 is 0 Å². The number of hydrogen-bond donors (Lipinski definition) is 2. The predicted molar refractivity (Wildman–Crippen MR) is 163 cm³/mol. The number of halogens is 1. The van der Waals surface area contributed by atoms with E-state index in [0.29, 0.717) is 36.6 Å². The van der Waals surface area contributed by atoms with E-state index in [2.05, 4.69) is 35.9 Å². The second-order valence-electron chi connectivity index (χ2n) is 12.4. The molecule has 0 spiro atoms. The van der Waals surface area contributed by atoms with Crippen molar-refractivity contribution in [1.82, 2.24) is 20.0 Å². The molecule has 0 bridgehead atoms. The monoisotopic (exact) mass is 573 g/mol. The van der Waals surface area contributed by atoms with E-state index in [4.69, 9.17) is 17.3 Å². The quantitative estimate of drug-likeness (QED) is 0.412. The van der Waals surface area contributed by atoms with Gasteiger partial charge in [0.25, 0.3) is 0 Å². The smallest absolute Gasteiger partial charge is 0.320 e. The Morgan fingerprint density at radius 3 is 2.25 bits per heavy atom. The average molecular weight is 574 g/mol. The standard InChI is InChI=1S/C32H52ClN5O2/c1-4-36(5-2)32(40)38(28-9-7-6-8-10-28)30-19-20-37(22-23(30)3)31(39)29(21-24-11-13-25(33)14-12-24)35-27-17-15-26(34)16-18-27/h11-14,23,26-30,35H,4-10,15-22,34H2,1-3H3/t23?,26?,27?,29-,30?/m0/s1. The summed E-state index contributed by atoms with van der Waals surface area (Å²) in [6.07, 6.45) is 11.3. The molecule has 3 amide bonds. The molecule has 3 aliphatic rings. The maximum Gasteiger partial charge on any atom is 0.320 e. The normalized spacial score (nSPS) is 26.8. The van der Waals surface area contributed by atoms with Crippen LogP contribution in [0.4, 0.5) is 4.79 Å². The molecule has 4 rings (SSSR count). The highest BCUT2D eigenvalue weighted by Crippen LogP contribution is 2.32. The molecule has 0 aromatic heterocycles. The van der Waals surface area contributed by atoms with Crippen molar-refractivity contribution in [1.29, 1.82) is 0 Å². The van der Waals surface area contributed by atoms with Gasteiger partial charge in [-0.1, -0.05) is 49.9 Å². The van der Waals surface area contributed by atoms with Crippen LogP contribution < -0.4 is 11.1 Å². The van der Waals surface area contributed by atoms with Crippen LogP contribution in [0, 0.1) is 5.92 Å². The van der Waals surface area contributed by atoms with Gasteiger partial charge in [0.1, 0.15) is 0 Å². The van der Waals surface area contributed by atoms with Gasteiger partial charge >= 0.3 is 6.03 Å². The summed E-state index contributed by atoms with van der Waals surface area (Å²) in [5, 5.41) is 4.44. The van der Waals surface area contributed by atoms with Gasteiger partial charge in [0, 0.05) is 55.4 Å². The van der Waals surface area contributed by atoms with Gasteiger partial charge in [0.15, 0.2) is 0 Å². The summed E-state index contributed by atoms with van der Waals surface area (Å²) in [6, 6.07) is 8.82. The third-order valence-electron chi connectivity index (χ3n) is 9.61. The van der Waals surface area contributed by atoms with E-state index in [1.165, 1.54) is 19.3 Å². The molecule has 2 aliphatic carbocycles. The minimum absolute atomic E-state index is 0.169. The number of nitrogens with one attached hydrogen (secondary N) is 1. The second-order valence-corrected chi connectivity index (χ2v) is 12.9. The van der Waals surface area contributed by atoms with Crippen LogP contribution in [0.3, 0.4) is 0 Å². The van der Waals surface area contributed by atoms with Gasteiger partial charge in [-0.2, -0.15) is 0 Å². The Balaban J connectivity index is 1.47. The Kier molecular flexibility index (Phi) is 11.6. The molecule has 1 aromatic rings. The van der Waals surface area contributed by atoms with Crippen molar-refractivity contribution in [2.45, 2.75) is 122 Å². The van der Waals surface area contributed by atoms with Gasteiger partial charge in [-0.3, -0.25) is 4.79 Å². The molecule has 0 radical (unpaired) electrons. The fraction of sp³-hybridized carbons (Fsp3) is 0.750. The lowest BCUT2D eigenvalue weighted by atomic mass is 9.87. The highest BCUT2D eigenvalue weighted by molar-refractivity contribution is 6.30. The summed E-state index contributed by atoms with van der Waals surface area (Å²) < 4.78 is 0. The fourth-order valence-electron chi connectivity index (χ4n) is 7.20. The highest BCUT2D eigenvalue weighted by atomic mass is 35.5. The molecule has 1 saturated heterocycles. The van der Waals surface area contributed by atoms with Crippen LogP contribution in [0.2, 0.25) is 5.02 Å². The van der Waals surface area contributed by atoms with Crippen molar-refractivity contribution >= 4 is 23.5 Å². The van der Waals surface area contributed by atoms with Crippen molar-refractivity contribution < 1.29 is 9.59 Å². The number of likely N-dealkylation sites (tertiary alicyclic amines) is 1. The first kappa shape index (κ1) is 31.1. The number of nitrogens with two attached hydrogens (primary N) is 1. The van der Waals surface area contributed by atoms with E-state index in [0.717, 1.165) is 63.6 Å². The number of rotatable bonds is 9. The largest absolute Gasteiger partial charge is 0.341 e. The van der Waals surface area contributed by atoms with E-state index in [-0.39, 0.29) is 36.0 Å². The lowest BCUT2D eigenvalue weighted by Gasteiger charge is -2.48. The molecule has 1 aliphatic heterocycles. The molecular formula is C32H52ClN5O2. The van der Waals surface area contributed by atoms with Crippen LogP contribution in [-0.4, -0.2) is 83.0 Å². The summed E-state index contributed by atoms with van der Waals surface area (Å²) in [6.45, 7) is 9.21. The first-order chi connectivity index (χ1) is 19.3. The van der Waals surface area contributed by atoms with Crippen molar-refractivity contribution in [3.63, 3.8) is 0 Å². The van der Waals surface area contributed by atoms with E-state index in [1.807, 2.05) is 29.2 Å². The molecule has 1 aromatic carbocycles. The topological polar surface area (TPSA) is 81.9 Å². The lowest BCUT2D eigenvalue weighted by molar-refractivity contribution is -0.136. The summed E-state index contributed by atoms with van der Waals surface area (Å²) >= 11 is 6.14. The van der Waals surface area contributed by atoms with Crippen LogP contribution in [0.1, 0.15) is 90.5 Å². The molecule has 40 heavy (non-hydrogen) atoms. The number of carbonyl (C=O) groups is 2. The Bertz CT molecular complexity index is 941. The zero-order valence-electron chi connectivity index (χ0n) is 25.0. The Hall–Kier alpha value is -1.83. The Labute approximate surface area is 247 Å². The van der Waals surface area contributed by atoms with Crippen molar-refractivity contribution in [3.8, 4) is 0 Å². The average Bonchev–Trinajstić information content (AvgIpc) is 2.97.